The van der Waals surface area contributed by atoms with Gasteiger partial charge in [-0.15, -0.1) is 0 Å². The topological polar surface area (TPSA) is 69.9 Å². The lowest BCUT2D eigenvalue weighted by atomic mass is 10.1. The second kappa shape index (κ2) is 8.78. The third-order valence-corrected chi connectivity index (χ3v) is 4.85. The van der Waals surface area contributed by atoms with Gasteiger partial charge in [-0.25, -0.2) is 0 Å². The molecular formula is C24H23NO5. The zero-order chi connectivity index (χ0) is 20.9. The van der Waals surface area contributed by atoms with Gasteiger partial charge >= 0.3 is 0 Å². The Morgan fingerprint density at radius 3 is 2.43 bits per heavy atom. The van der Waals surface area contributed by atoms with Crippen LogP contribution >= 0.6 is 0 Å². The molecule has 0 bridgehead atoms. The number of furan rings is 1. The second-order valence-electron chi connectivity index (χ2n) is 6.82. The molecule has 0 saturated carbocycles. The minimum absolute atomic E-state index is 0.109. The third-order valence-electron chi connectivity index (χ3n) is 4.85. The van der Waals surface area contributed by atoms with Gasteiger partial charge in [-0.3, -0.25) is 4.79 Å². The van der Waals surface area contributed by atoms with Crippen LogP contribution in [0.1, 0.15) is 12.8 Å². The standard InChI is InChI=1S/C24H23NO5/c1-27-16-9-11-17(12-10-16)29-13-5-8-24(26)25-20-15-22-19(14-23(20)28-2)18-6-3-4-7-21(18)30-22/h3-4,6-7,9-12,14-15H,5,8,13H2,1-2H3,(H,25,26). The first kappa shape index (κ1) is 19.6. The van der Waals surface area contributed by atoms with Gasteiger partial charge in [0.05, 0.1) is 26.5 Å². The molecule has 0 radical (unpaired) electrons. The van der Waals surface area contributed by atoms with Gasteiger partial charge in [-0.2, -0.15) is 0 Å². The molecule has 6 nitrogen and oxygen atoms in total. The fourth-order valence-electron chi connectivity index (χ4n) is 3.33. The van der Waals surface area contributed by atoms with E-state index in [4.69, 9.17) is 18.6 Å². The van der Waals surface area contributed by atoms with Crippen LogP contribution in [-0.4, -0.2) is 26.7 Å². The Hall–Kier alpha value is -3.67. The monoisotopic (exact) mass is 405 g/mol. The molecule has 3 aromatic carbocycles. The molecule has 154 valence electrons. The van der Waals surface area contributed by atoms with E-state index in [1.807, 2.05) is 54.6 Å². The van der Waals surface area contributed by atoms with Crippen LogP contribution in [0.15, 0.2) is 65.1 Å². The number of nitrogens with one attached hydrogen (secondary N) is 1. The lowest BCUT2D eigenvalue weighted by molar-refractivity contribution is -0.116. The van der Waals surface area contributed by atoms with Crippen LogP contribution in [0, 0.1) is 0 Å². The van der Waals surface area contributed by atoms with Gasteiger partial charge in [0, 0.05) is 23.3 Å². The van der Waals surface area contributed by atoms with E-state index in [9.17, 15) is 4.79 Å². The molecule has 0 aliphatic rings. The van der Waals surface area contributed by atoms with Gasteiger partial charge in [0.15, 0.2) is 0 Å². The number of hydrogen-bond acceptors (Lipinski definition) is 5. The minimum Gasteiger partial charge on any atom is -0.497 e. The molecule has 4 aromatic rings. The van der Waals surface area contributed by atoms with Gasteiger partial charge < -0.3 is 23.9 Å². The minimum atomic E-state index is -0.109. The van der Waals surface area contributed by atoms with Crippen molar-refractivity contribution < 1.29 is 23.4 Å². The van der Waals surface area contributed by atoms with E-state index < -0.39 is 0 Å². The smallest absolute Gasteiger partial charge is 0.224 e. The Bertz CT molecular complexity index is 1160. The number of hydrogen-bond donors (Lipinski definition) is 1. The number of anilines is 1. The summed E-state index contributed by atoms with van der Waals surface area (Å²) in [5, 5.41) is 4.88. The summed E-state index contributed by atoms with van der Waals surface area (Å²) >= 11 is 0. The zero-order valence-corrected chi connectivity index (χ0v) is 16.9. The molecule has 0 spiro atoms. The summed E-state index contributed by atoms with van der Waals surface area (Å²) in [5.41, 5.74) is 2.09. The lowest BCUT2D eigenvalue weighted by Gasteiger charge is -2.11. The average Bonchev–Trinajstić information content (AvgIpc) is 3.14. The van der Waals surface area contributed by atoms with Gasteiger partial charge in [-0.1, -0.05) is 18.2 Å². The zero-order valence-electron chi connectivity index (χ0n) is 16.9. The van der Waals surface area contributed by atoms with Crippen molar-refractivity contribution in [2.45, 2.75) is 12.8 Å². The molecule has 4 rings (SSSR count). The normalized spacial score (nSPS) is 10.9. The first-order valence-electron chi connectivity index (χ1n) is 9.74. The predicted octanol–water partition coefficient (Wildman–Crippen LogP) is 5.40. The molecule has 0 fully saturated rings. The van der Waals surface area contributed by atoms with E-state index in [0.717, 1.165) is 27.9 Å². The van der Waals surface area contributed by atoms with Crippen molar-refractivity contribution in [1.82, 2.24) is 0 Å². The summed E-state index contributed by atoms with van der Waals surface area (Å²) in [6.07, 6.45) is 0.921. The van der Waals surface area contributed by atoms with Gasteiger partial charge in [0.2, 0.25) is 5.91 Å². The van der Waals surface area contributed by atoms with Crippen molar-refractivity contribution in [3.05, 3.63) is 60.7 Å². The summed E-state index contributed by atoms with van der Waals surface area (Å²) < 4.78 is 22.2. The fraction of sp³-hybridized carbons (Fsp3) is 0.208. The highest BCUT2D eigenvalue weighted by Crippen LogP contribution is 2.36. The molecule has 0 unspecified atom stereocenters. The summed E-state index contributed by atoms with van der Waals surface area (Å²) in [6, 6.07) is 18.9. The van der Waals surface area contributed by atoms with Crippen molar-refractivity contribution in [2.75, 3.05) is 26.1 Å². The van der Waals surface area contributed by atoms with E-state index in [1.165, 1.54) is 0 Å². The van der Waals surface area contributed by atoms with Gasteiger partial charge in [-0.05, 0) is 42.8 Å². The van der Waals surface area contributed by atoms with Crippen LogP contribution < -0.4 is 19.5 Å². The molecule has 1 amide bonds. The number of amides is 1. The summed E-state index contributed by atoms with van der Waals surface area (Å²) in [6.45, 7) is 0.444. The maximum Gasteiger partial charge on any atom is 0.224 e. The first-order valence-corrected chi connectivity index (χ1v) is 9.74. The molecule has 1 N–H and O–H groups in total. The summed E-state index contributed by atoms with van der Waals surface area (Å²) in [7, 11) is 3.21. The second-order valence-corrected chi connectivity index (χ2v) is 6.82. The average molecular weight is 405 g/mol. The number of fused-ring (bicyclic) bond motifs is 3. The molecule has 1 heterocycles. The van der Waals surface area contributed by atoms with E-state index in [2.05, 4.69) is 5.32 Å². The highest BCUT2D eigenvalue weighted by molar-refractivity contribution is 6.07. The quantitative estimate of drug-likeness (QED) is 0.398. The van der Waals surface area contributed by atoms with Crippen molar-refractivity contribution in [2.24, 2.45) is 0 Å². The largest absolute Gasteiger partial charge is 0.497 e. The summed E-state index contributed by atoms with van der Waals surface area (Å²) in [5.74, 6) is 2.00. The number of carbonyl (C=O) groups excluding carboxylic acids is 1. The van der Waals surface area contributed by atoms with Crippen LogP contribution in [0.2, 0.25) is 0 Å². The number of methoxy groups -OCH3 is 2. The number of para-hydroxylation sites is 1. The van der Waals surface area contributed by atoms with Gasteiger partial charge in [0.25, 0.3) is 0 Å². The molecule has 0 aliphatic carbocycles. The van der Waals surface area contributed by atoms with E-state index in [0.29, 0.717) is 36.5 Å². The Kier molecular flexibility index (Phi) is 5.75. The number of ether oxygens (including phenoxy) is 3. The number of carbonyl (C=O) groups is 1. The number of benzene rings is 3. The Balaban J connectivity index is 1.37. The van der Waals surface area contributed by atoms with Crippen molar-refractivity contribution in [3.63, 3.8) is 0 Å². The molecule has 30 heavy (non-hydrogen) atoms. The molecular weight excluding hydrogens is 382 g/mol. The molecule has 0 atom stereocenters. The van der Waals surface area contributed by atoms with Gasteiger partial charge in [0.1, 0.15) is 28.4 Å². The van der Waals surface area contributed by atoms with Crippen molar-refractivity contribution in [3.8, 4) is 17.2 Å². The highest BCUT2D eigenvalue weighted by atomic mass is 16.5. The third kappa shape index (κ3) is 4.17. The fourth-order valence-corrected chi connectivity index (χ4v) is 3.33. The Labute approximate surface area is 174 Å². The Morgan fingerprint density at radius 1 is 0.900 bits per heavy atom. The van der Waals surface area contributed by atoms with E-state index in [1.54, 1.807) is 20.3 Å². The van der Waals surface area contributed by atoms with Crippen LogP contribution in [0.3, 0.4) is 0 Å². The molecule has 6 heteroatoms. The Morgan fingerprint density at radius 2 is 1.67 bits per heavy atom. The molecule has 1 aromatic heterocycles. The van der Waals surface area contributed by atoms with Crippen LogP contribution in [0.25, 0.3) is 21.9 Å². The predicted molar refractivity (Wildman–Crippen MR) is 117 cm³/mol. The van der Waals surface area contributed by atoms with Crippen molar-refractivity contribution >= 4 is 33.5 Å². The van der Waals surface area contributed by atoms with Crippen LogP contribution in [0.4, 0.5) is 5.69 Å². The molecule has 0 aliphatic heterocycles. The number of rotatable bonds is 8. The van der Waals surface area contributed by atoms with E-state index in [-0.39, 0.29) is 5.91 Å². The van der Waals surface area contributed by atoms with Crippen molar-refractivity contribution in [1.29, 1.82) is 0 Å². The molecule has 0 saturated heterocycles. The maximum absolute atomic E-state index is 12.4. The van der Waals surface area contributed by atoms with Crippen LogP contribution in [-0.2, 0) is 4.79 Å². The first-order chi connectivity index (χ1) is 14.7. The lowest BCUT2D eigenvalue weighted by Crippen LogP contribution is -2.13. The van der Waals surface area contributed by atoms with E-state index >= 15 is 0 Å². The highest BCUT2D eigenvalue weighted by Gasteiger charge is 2.14. The summed E-state index contributed by atoms with van der Waals surface area (Å²) in [4.78, 5) is 12.4. The van der Waals surface area contributed by atoms with Crippen LogP contribution in [0.5, 0.6) is 17.2 Å². The maximum atomic E-state index is 12.4. The SMILES string of the molecule is COc1ccc(OCCCC(=O)Nc2cc3oc4ccccc4c3cc2OC)cc1.